The van der Waals surface area contributed by atoms with Gasteiger partial charge in [-0.1, -0.05) is 48.5 Å². The average Bonchev–Trinajstić information content (AvgIpc) is 2.66. The Hall–Kier alpha value is -3.07. The van der Waals surface area contributed by atoms with Crippen molar-refractivity contribution in [3.63, 3.8) is 0 Å². The molecular weight excluding hydrogens is 377 g/mol. The Morgan fingerprint density at radius 2 is 1.71 bits per heavy atom. The molecule has 1 aliphatic heterocycles. The van der Waals surface area contributed by atoms with Gasteiger partial charge in [0.1, 0.15) is 11.7 Å². The van der Waals surface area contributed by atoms with Crippen LogP contribution in [0.3, 0.4) is 0 Å². The summed E-state index contributed by atoms with van der Waals surface area (Å²) in [6.07, 6.45) is -5.31. The van der Waals surface area contributed by atoms with E-state index in [0.29, 0.717) is 0 Å². The molecule has 1 saturated heterocycles. The first-order chi connectivity index (χ1) is 13.2. The van der Waals surface area contributed by atoms with Crippen LogP contribution >= 0.6 is 0 Å². The van der Waals surface area contributed by atoms with Gasteiger partial charge in [-0.25, -0.2) is 4.79 Å². The summed E-state index contributed by atoms with van der Waals surface area (Å²) >= 11 is 0. The minimum atomic E-state index is -5.31. The van der Waals surface area contributed by atoms with Crippen LogP contribution in [0.4, 0.5) is 18.0 Å². The number of benzene rings is 2. The molecule has 1 heterocycles. The molecule has 0 unspecified atom stereocenters. The molecule has 2 aromatic rings. The molecule has 9 heteroatoms. The Bertz CT molecular complexity index is 888. The number of alkyl halides is 3. The summed E-state index contributed by atoms with van der Waals surface area (Å²) in [5, 5.41) is 14.3. The molecule has 0 radical (unpaired) electrons. The molecule has 0 aromatic heterocycles. The third-order valence-corrected chi connectivity index (χ3v) is 4.62. The van der Waals surface area contributed by atoms with Crippen LogP contribution in [-0.4, -0.2) is 35.9 Å². The number of aliphatic hydroxyl groups is 1. The number of hydrogen-bond donors (Lipinski definition) is 3. The zero-order valence-electron chi connectivity index (χ0n) is 14.7. The Labute approximate surface area is 158 Å². The number of rotatable bonds is 4. The molecule has 3 rings (SSSR count). The molecule has 0 bridgehead atoms. The molecule has 28 heavy (non-hydrogen) atoms. The lowest BCUT2D eigenvalue weighted by Gasteiger charge is -2.45. The fourth-order valence-corrected chi connectivity index (χ4v) is 3.30. The molecule has 3 N–H and O–H groups in total. The summed E-state index contributed by atoms with van der Waals surface area (Å²) in [6.45, 7) is 0. The standard InChI is InChI=1S/C19H17F3N2O4/c1-28-13-10-6-5-9-12(13)15-14(16(25)11-7-3-2-4-8-11)18(27,19(20,21)22)24-17(26)23-15/h2-10,14-15,27H,1H3,(H2,23,24,26)/t14-,15-,18-/m0/s1. The average molecular weight is 394 g/mol. The van der Waals surface area contributed by atoms with Crippen molar-refractivity contribution in [1.29, 1.82) is 0 Å². The highest BCUT2D eigenvalue weighted by molar-refractivity contribution is 6.00. The van der Waals surface area contributed by atoms with Gasteiger partial charge in [-0.15, -0.1) is 0 Å². The van der Waals surface area contributed by atoms with Gasteiger partial charge in [-0.05, 0) is 6.07 Å². The lowest BCUT2D eigenvalue weighted by Crippen LogP contribution is -2.72. The van der Waals surface area contributed by atoms with Gasteiger partial charge in [0, 0.05) is 11.1 Å². The van der Waals surface area contributed by atoms with Gasteiger partial charge in [-0.2, -0.15) is 13.2 Å². The molecule has 0 saturated carbocycles. The molecule has 1 aliphatic rings. The number of Topliss-reactive ketones (excluding diaryl/α,β-unsaturated/α-hetero) is 1. The lowest BCUT2D eigenvalue weighted by molar-refractivity contribution is -0.287. The maximum atomic E-state index is 13.8. The predicted octanol–water partition coefficient (Wildman–Crippen LogP) is 2.80. The molecule has 148 valence electrons. The Morgan fingerprint density at radius 3 is 2.32 bits per heavy atom. The summed E-state index contributed by atoms with van der Waals surface area (Å²) in [5.74, 6) is -2.90. The summed E-state index contributed by atoms with van der Waals surface area (Å²) in [5.41, 5.74) is -3.67. The van der Waals surface area contributed by atoms with Gasteiger partial charge in [0.15, 0.2) is 5.78 Å². The maximum absolute atomic E-state index is 13.8. The number of amides is 2. The predicted molar refractivity (Wildman–Crippen MR) is 92.7 cm³/mol. The van der Waals surface area contributed by atoms with Crippen molar-refractivity contribution in [1.82, 2.24) is 10.6 Å². The van der Waals surface area contributed by atoms with E-state index in [-0.39, 0.29) is 16.9 Å². The van der Waals surface area contributed by atoms with Crippen LogP contribution in [0.1, 0.15) is 22.0 Å². The van der Waals surface area contributed by atoms with E-state index >= 15 is 0 Å². The quantitative estimate of drug-likeness (QED) is 0.696. The highest BCUT2D eigenvalue weighted by atomic mass is 19.4. The van der Waals surface area contributed by atoms with E-state index in [9.17, 15) is 27.9 Å². The monoisotopic (exact) mass is 394 g/mol. The van der Waals surface area contributed by atoms with Gasteiger partial charge in [0.2, 0.25) is 5.72 Å². The summed E-state index contributed by atoms with van der Waals surface area (Å²) < 4.78 is 46.6. The molecule has 6 nitrogen and oxygen atoms in total. The van der Waals surface area contributed by atoms with Crippen molar-refractivity contribution in [2.45, 2.75) is 17.9 Å². The number of urea groups is 1. The summed E-state index contributed by atoms with van der Waals surface area (Å²) in [6, 6.07) is 10.6. The normalized spacial score (nSPS) is 24.8. The second kappa shape index (κ2) is 7.16. The number of carbonyl (C=O) groups excluding carboxylic acids is 2. The van der Waals surface area contributed by atoms with Gasteiger partial charge < -0.3 is 20.5 Å². The van der Waals surface area contributed by atoms with Crippen LogP contribution in [0.2, 0.25) is 0 Å². The maximum Gasteiger partial charge on any atom is 0.437 e. The largest absolute Gasteiger partial charge is 0.496 e. The highest BCUT2D eigenvalue weighted by Gasteiger charge is 2.66. The van der Waals surface area contributed by atoms with Gasteiger partial charge in [0.05, 0.1) is 13.2 Å². The van der Waals surface area contributed by atoms with Crippen molar-refractivity contribution in [2.24, 2.45) is 5.92 Å². The van der Waals surface area contributed by atoms with E-state index in [1.807, 2.05) is 0 Å². The molecular formula is C19H17F3N2O4. The first-order valence-corrected chi connectivity index (χ1v) is 8.29. The van der Waals surface area contributed by atoms with Crippen LogP contribution in [-0.2, 0) is 0 Å². The van der Waals surface area contributed by atoms with E-state index in [2.05, 4.69) is 5.32 Å². The van der Waals surface area contributed by atoms with Crippen molar-refractivity contribution < 1.29 is 32.6 Å². The van der Waals surface area contributed by atoms with E-state index in [0.717, 1.165) is 0 Å². The second-order valence-corrected chi connectivity index (χ2v) is 6.29. The second-order valence-electron chi connectivity index (χ2n) is 6.29. The third kappa shape index (κ3) is 3.29. The summed E-state index contributed by atoms with van der Waals surface area (Å²) in [4.78, 5) is 25.0. The first-order valence-electron chi connectivity index (χ1n) is 8.29. The van der Waals surface area contributed by atoms with Crippen molar-refractivity contribution in [3.8, 4) is 5.75 Å². The van der Waals surface area contributed by atoms with Crippen LogP contribution in [0.15, 0.2) is 54.6 Å². The minimum absolute atomic E-state index is 0.0342. The number of ether oxygens (including phenoxy) is 1. The number of nitrogens with one attached hydrogen (secondary N) is 2. The number of ketones is 1. The van der Waals surface area contributed by atoms with Gasteiger partial charge >= 0.3 is 12.2 Å². The molecule has 2 amide bonds. The van der Waals surface area contributed by atoms with Crippen molar-refractivity contribution in [3.05, 3.63) is 65.7 Å². The fourth-order valence-electron chi connectivity index (χ4n) is 3.30. The topological polar surface area (TPSA) is 87.7 Å². The minimum Gasteiger partial charge on any atom is -0.496 e. The number of halogens is 3. The number of carbonyl (C=O) groups is 2. The van der Waals surface area contributed by atoms with Crippen molar-refractivity contribution >= 4 is 11.8 Å². The van der Waals surface area contributed by atoms with Crippen LogP contribution in [0.25, 0.3) is 0 Å². The molecule has 2 aromatic carbocycles. The Morgan fingerprint density at radius 1 is 1.11 bits per heavy atom. The fraction of sp³-hybridized carbons (Fsp3) is 0.263. The van der Waals surface area contributed by atoms with Gasteiger partial charge in [-0.3, -0.25) is 4.79 Å². The van der Waals surface area contributed by atoms with Crippen LogP contribution in [0, 0.1) is 5.92 Å². The number of hydrogen-bond acceptors (Lipinski definition) is 4. The number of para-hydroxylation sites is 1. The lowest BCUT2D eigenvalue weighted by atomic mass is 9.77. The molecule has 0 aliphatic carbocycles. The Balaban J connectivity index is 2.20. The Kier molecular flexibility index (Phi) is 5.03. The zero-order chi connectivity index (χ0) is 20.5. The third-order valence-electron chi connectivity index (χ3n) is 4.62. The molecule has 3 atom stereocenters. The van der Waals surface area contributed by atoms with E-state index in [1.165, 1.54) is 54.9 Å². The first kappa shape index (κ1) is 19.7. The zero-order valence-corrected chi connectivity index (χ0v) is 14.7. The van der Waals surface area contributed by atoms with E-state index < -0.39 is 35.7 Å². The molecule has 0 spiro atoms. The SMILES string of the molecule is COc1ccccc1[C@@H]1NC(=O)N[C@@](O)(C(F)(F)F)[C@@H]1C(=O)c1ccccc1. The highest BCUT2D eigenvalue weighted by Crippen LogP contribution is 2.45. The van der Waals surface area contributed by atoms with Gasteiger partial charge in [0.25, 0.3) is 0 Å². The molecule has 1 fully saturated rings. The van der Waals surface area contributed by atoms with E-state index in [1.54, 1.807) is 12.1 Å². The summed E-state index contributed by atoms with van der Waals surface area (Å²) in [7, 11) is 1.31. The number of methoxy groups -OCH3 is 1. The smallest absolute Gasteiger partial charge is 0.437 e. The van der Waals surface area contributed by atoms with Crippen LogP contribution < -0.4 is 15.4 Å². The van der Waals surface area contributed by atoms with Crippen molar-refractivity contribution in [2.75, 3.05) is 7.11 Å². The van der Waals surface area contributed by atoms with E-state index in [4.69, 9.17) is 4.74 Å². The van der Waals surface area contributed by atoms with Crippen LogP contribution in [0.5, 0.6) is 5.75 Å².